The van der Waals surface area contributed by atoms with Gasteiger partial charge in [0.2, 0.25) is 0 Å². The third-order valence-electron chi connectivity index (χ3n) is 4.04. The number of thiophene rings is 1. The lowest BCUT2D eigenvalue weighted by Crippen LogP contribution is -2.39. The topological polar surface area (TPSA) is 39.7 Å². The Morgan fingerprint density at radius 2 is 2.13 bits per heavy atom. The predicted octanol–water partition coefficient (Wildman–Crippen LogP) is 3.51. The van der Waals surface area contributed by atoms with E-state index < -0.39 is 0 Å². The van der Waals surface area contributed by atoms with E-state index in [2.05, 4.69) is 46.9 Å². The van der Waals surface area contributed by atoms with Gasteiger partial charge in [0.25, 0.3) is 0 Å². The summed E-state index contributed by atoms with van der Waals surface area (Å²) in [4.78, 5) is 8.70. The van der Waals surface area contributed by atoms with E-state index in [1.165, 1.54) is 43.8 Å². The summed E-state index contributed by atoms with van der Waals surface area (Å²) in [5.41, 5.74) is 0. The van der Waals surface area contributed by atoms with E-state index in [-0.39, 0.29) is 24.0 Å². The Morgan fingerprint density at radius 1 is 1.35 bits per heavy atom. The Morgan fingerprint density at radius 3 is 2.78 bits per heavy atom. The molecule has 23 heavy (non-hydrogen) atoms. The summed E-state index contributed by atoms with van der Waals surface area (Å²) in [6.45, 7) is 10.9. The van der Waals surface area contributed by atoms with Gasteiger partial charge in [-0.1, -0.05) is 13.0 Å². The van der Waals surface area contributed by atoms with E-state index in [1.54, 1.807) is 0 Å². The van der Waals surface area contributed by atoms with Crippen LogP contribution in [0.2, 0.25) is 0 Å². The fraction of sp³-hybridized carbons (Fsp3) is 0.706. The molecule has 1 aromatic heterocycles. The maximum atomic E-state index is 4.73. The lowest BCUT2D eigenvalue weighted by atomic mass is 10.1. The van der Waals surface area contributed by atoms with Crippen LogP contribution in [0.5, 0.6) is 0 Å². The predicted molar refractivity (Wildman–Crippen MR) is 112 cm³/mol. The van der Waals surface area contributed by atoms with Crippen molar-refractivity contribution in [3.63, 3.8) is 0 Å². The summed E-state index contributed by atoms with van der Waals surface area (Å²) in [6.07, 6.45) is 3.93. The molecule has 1 aliphatic heterocycles. The van der Waals surface area contributed by atoms with Gasteiger partial charge < -0.3 is 15.5 Å². The second kappa shape index (κ2) is 12.1. The van der Waals surface area contributed by atoms with Crippen LogP contribution < -0.4 is 10.6 Å². The van der Waals surface area contributed by atoms with Gasteiger partial charge >= 0.3 is 0 Å². The molecule has 6 heteroatoms. The van der Waals surface area contributed by atoms with Gasteiger partial charge in [0.1, 0.15) is 0 Å². The summed E-state index contributed by atoms with van der Waals surface area (Å²) >= 11 is 1.82. The number of hydrogen-bond acceptors (Lipinski definition) is 3. The number of likely N-dealkylation sites (tertiary alicyclic amines) is 1. The summed E-state index contributed by atoms with van der Waals surface area (Å²) in [5, 5.41) is 8.94. The third-order valence-corrected chi connectivity index (χ3v) is 5.14. The van der Waals surface area contributed by atoms with Gasteiger partial charge in [0.15, 0.2) is 5.96 Å². The van der Waals surface area contributed by atoms with E-state index >= 15 is 0 Å². The molecule has 1 unspecified atom stereocenters. The molecule has 2 rings (SSSR count). The van der Waals surface area contributed by atoms with Gasteiger partial charge in [0, 0.05) is 23.9 Å². The Hall–Kier alpha value is -0.340. The molecule has 4 nitrogen and oxygen atoms in total. The van der Waals surface area contributed by atoms with Gasteiger partial charge in [0.05, 0.1) is 6.54 Å². The first-order valence-electron chi connectivity index (χ1n) is 8.57. The molecule has 1 aliphatic rings. The molecular weight excluding hydrogens is 419 g/mol. The van der Waals surface area contributed by atoms with Gasteiger partial charge in [-0.3, -0.25) is 4.99 Å². The van der Waals surface area contributed by atoms with Crippen molar-refractivity contribution in [1.82, 2.24) is 15.5 Å². The van der Waals surface area contributed by atoms with Crippen LogP contribution in [0.15, 0.2) is 22.5 Å². The highest BCUT2D eigenvalue weighted by atomic mass is 127. The standard InChI is InChI=1S/C17H30N4S.HI/c1-3-18-17(19-9-7-12-21-10-4-5-11-21)20-14-15(2)16-8-6-13-22-16;/h6,8,13,15H,3-5,7,9-12,14H2,1-2H3,(H2,18,19,20);1H. The fourth-order valence-electron chi connectivity index (χ4n) is 2.75. The number of halogens is 1. The first kappa shape index (κ1) is 20.7. The lowest BCUT2D eigenvalue weighted by molar-refractivity contribution is 0.334. The Balaban J connectivity index is 0.00000264. The molecule has 0 radical (unpaired) electrons. The second-order valence-electron chi connectivity index (χ2n) is 5.97. The lowest BCUT2D eigenvalue weighted by Gasteiger charge is -2.16. The Bertz CT molecular complexity index is 430. The van der Waals surface area contributed by atoms with E-state index in [0.29, 0.717) is 5.92 Å². The number of nitrogens with zero attached hydrogens (tertiary/aromatic N) is 2. The highest BCUT2D eigenvalue weighted by molar-refractivity contribution is 14.0. The minimum Gasteiger partial charge on any atom is -0.357 e. The number of hydrogen-bond donors (Lipinski definition) is 2. The van der Waals surface area contributed by atoms with Crippen molar-refractivity contribution < 1.29 is 0 Å². The van der Waals surface area contributed by atoms with E-state index in [1.807, 2.05) is 11.3 Å². The molecule has 2 N–H and O–H groups in total. The minimum atomic E-state index is 0. The van der Waals surface area contributed by atoms with Crippen LogP contribution in [0.4, 0.5) is 0 Å². The zero-order valence-corrected chi connectivity index (χ0v) is 17.5. The Kier molecular flexibility index (Phi) is 10.9. The molecule has 1 fully saturated rings. The van der Waals surface area contributed by atoms with Gasteiger partial charge in [-0.25, -0.2) is 0 Å². The van der Waals surface area contributed by atoms with Crippen LogP contribution in [0.3, 0.4) is 0 Å². The first-order valence-corrected chi connectivity index (χ1v) is 9.45. The van der Waals surface area contributed by atoms with Crippen LogP contribution in [-0.2, 0) is 0 Å². The monoisotopic (exact) mass is 450 g/mol. The highest BCUT2D eigenvalue weighted by Crippen LogP contribution is 2.20. The number of aliphatic imine (C=N–C) groups is 1. The third kappa shape index (κ3) is 7.85. The van der Waals surface area contributed by atoms with Crippen LogP contribution in [0, 0.1) is 0 Å². The van der Waals surface area contributed by atoms with Gasteiger partial charge in [-0.2, -0.15) is 0 Å². The van der Waals surface area contributed by atoms with Crippen LogP contribution in [0.25, 0.3) is 0 Å². The van der Waals surface area contributed by atoms with E-state index in [9.17, 15) is 0 Å². The zero-order valence-electron chi connectivity index (χ0n) is 14.4. The molecule has 1 aromatic rings. The molecule has 1 saturated heterocycles. The number of nitrogens with one attached hydrogen (secondary N) is 2. The molecule has 0 saturated carbocycles. The molecule has 0 aliphatic carbocycles. The molecule has 132 valence electrons. The summed E-state index contributed by atoms with van der Waals surface area (Å²) in [5.74, 6) is 1.44. The largest absolute Gasteiger partial charge is 0.357 e. The smallest absolute Gasteiger partial charge is 0.191 e. The van der Waals surface area contributed by atoms with Crippen molar-refractivity contribution in [3.8, 4) is 0 Å². The van der Waals surface area contributed by atoms with Crippen molar-refractivity contribution in [2.45, 2.75) is 39.0 Å². The average Bonchev–Trinajstić information content (AvgIpc) is 3.21. The second-order valence-corrected chi connectivity index (χ2v) is 6.94. The Labute approximate surface area is 162 Å². The van der Waals surface area contributed by atoms with E-state index in [4.69, 9.17) is 4.99 Å². The molecule has 0 bridgehead atoms. The molecule has 0 amide bonds. The minimum absolute atomic E-state index is 0. The van der Waals surface area contributed by atoms with Crippen molar-refractivity contribution >= 4 is 41.3 Å². The van der Waals surface area contributed by atoms with Crippen LogP contribution in [0.1, 0.15) is 43.9 Å². The average molecular weight is 450 g/mol. The highest BCUT2D eigenvalue weighted by Gasteiger charge is 2.10. The summed E-state index contributed by atoms with van der Waals surface area (Å²) < 4.78 is 0. The SMILES string of the molecule is CCNC(=NCC(C)c1cccs1)NCCCN1CCCC1.I. The summed E-state index contributed by atoms with van der Waals surface area (Å²) in [7, 11) is 0. The van der Waals surface area contributed by atoms with Crippen molar-refractivity contribution in [1.29, 1.82) is 0 Å². The quantitative estimate of drug-likeness (QED) is 0.276. The van der Waals surface area contributed by atoms with Crippen molar-refractivity contribution in [3.05, 3.63) is 22.4 Å². The molecule has 0 spiro atoms. The maximum absolute atomic E-state index is 4.73. The summed E-state index contributed by atoms with van der Waals surface area (Å²) in [6, 6.07) is 4.31. The maximum Gasteiger partial charge on any atom is 0.191 e. The molecule has 0 aromatic carbocycles. The first-order chi connectivity index (χ1) is 10.8. The van der Waals surface area contributed by atoms with Crippen molar-refractivity contribution in [2.75, 3.05) is 39.3 Å². The van der Waals surface area contributed by atoms with Crippen molar-refractivity contribution in [2.24, 2.45) is 4.99 Å². The van der Waals surface area contributed by atoms with Gasteiger partial charge in [-0.05, 0) is 57.3 Å². The molecule has 1 atom stereocenters. The van der Waals surface area contributed by atoms with Gasteiger partial charge in [-0.15, -0.1) is 35.3 Å². The number of guanidine groups is 1. The van der Waals surface area contributed by atoms with Crippen LogP contribution in [-0.4, -0.2) is 50.1 Å². The fourth-order valence-corrected chi connectivity index (χ4v) is 3.53. The molecule has 2 heterocycles. The van der Waals surface area contributed by atoms with E-state index in [0.717, 1.165) is 25.6 Å². The zero-order chi connectivity index (χ0) is 15.6. The van der Waals surface area contributed by atoms with Crippen LogP contribution >= 0.6 is 35.3 Å². The molecular formula is C17H31IN4S. The number of rotatable bonds is 8. The normalized spacial score (nSPS) is 16.9.